The summed E-state index contributed by atoms with van der Waals surface area (Å²) in [6, 6.07) is 8.48. The molecule has 2 aliphatic heterocycles. The number of para-hydroxylation sites is 1. The number of anilines is 2. The van der Waals surface area contributed by atoms with E-state index >= 15 is 0 Å². The van der Waals surface area contributed by atoms with E-state index in [1.165, 1.54) is 0 Å². The van der Waals surface area contributed by atoms with Crippen molar-refractivity contribution < 1.29 is 19.4 Å². The van der Waals surface area contributed by atoms with E-state index in [9.17, 15) is 14.7 Å². The molecule has 3 aromatic rings. The third-order valence-corrected chi connectivity index (χ3v) is 8.06. The summed E-state index contributed by atoms with van der Waals surface area (Å²) in [4.78, 5) is 32.4. The lowest BCUT2D eigenvalue weighted by Gasteiger charge is -2.37. The predicted octanol–water partition coefficient (Wildman–Crippen LogP) is 3.67. The van der Waals surface area contributed by atoms with Gasteiger partial charge in [0.1, 0.15) is 11.5 Å². The Bertz CT molecular complexity index is 1420. The number of carbonyl (C=O) groups is 1. The second-order valence-electron chi connectivity index (χ2n) is 10.9. The lowest BCUT2D eigenvalue weighted by molar-refractivity contribution is 0.0698. The van der Waals surface area contributed by atoms with Gasteiger partial charge in [0.25, 0.3) is 5.56 Å². The van der Waals surface area contributed by atoms with Crippen LogP contribution in [0.4, 0.5) is 11.5 Å². The Balaban J connectivity index is 1.56. The van der Waals surface area contributed by atoms with Crippen molar-refractivity contribution in [1.29, 1.82) is 0 Å². The van der Waals surface area contributed by atoms with E-state index in [-0.39, 0.29) is 28.0 Å². The van der Waals surface area contributed by atoms with E-state index in [4.69, 9.17) is 14.5 Å². The van der Waals surface area contributed by atoms with Gasteiger partial charge in [-0.25, -0.2) is 9.78 Å². The smallest absolute Gasteiger partial charge is 0.337 e. The fraction of sp³-hybridized carbons (Fsp3) is 0.464. The normalized spacial score (nSPS) is 23.7. The van der Waals surface area contributed by atoms with Crippen LogP contribution < -0.4 is 15.8 Å². The van der Waals surface area contributed by atoms with E-state index in [1.54, 1.807) is 34.9 Å². The van der Waals surface area contributed by atoms with Crippen molar-refractivity contribution in [3.63, 3.8) is 0 Å². The Labute approximate surface area is 216 Å². The zero-order chi connectivity index (χ0) is 26.5. The molecule has 1 atom stereocenters. The third kappa shape index (κ3) is 4.16. The number of hydrogen-bond acceptors (Lipinski definition) is 7. The molecule has 0 aliphatic carbocycles. The average molecular weight is 507 g/mol. The molecule has 0 amide bonds. The predicted molar refractivity (Wildman–Crippen MR) is 142 cm³/mol. The molecule has 37 heavy (non-hydrogen) atoms. The number of pyridine rings is 1. The maximum absolute atomic E-state index is 13.6. The minimum atomic E-state index is -1.00. The van der Waals surface area contributed by atoms with E-state index in [0.29, 0.717) is 55.7 Å². The molecule has 196 valence electrons. The van der Waals surface area contributed by atoms with Crippen LogP contribution in [0.1, 0.15) is 46.9 Å². The highest BCUT2D eigenvalue weighted by atomic mass is 16.5. The number of rotatable bonds is 7. The highest BCUT2D eigenvalue weighted by Gasteiger charge is 2.57. The van der Waals surface area contributed by atoms with Gasteiger partial charge in [0, 0.05) is 41.9 Å². The summed E-state index contributed by atoms with van der Waals surface area (Å²) < 4.78 is 13.4. The van der Waals surface area contributed by atoms with Crippen LogP contribution in [0.25, 0.3) is 5.65 Å². The maximum atomic E-state index is 13.6. The summed E-state index contributed by atoms with van der Waals surface area (Å²) in [5.74, 6) is -0.375. The van der Waals surface area contributed by atoms with Crippen molar-refractivity contribution in [3.05, 3.63) is 69.1 Å². The molecule has 2 saturated heterocycles. The van der Waals surface area contributed by atoms with Crippen LogP contribution in [0.5, 0.6) is 0 Å². The van der Waals surface area contributed by atoms with Crippen LogP contribution in [0.15, 0.2) is 41.3 Å². The molecule has 4 heterocycles. The molecule has 1 aromatic carbocycles. The number of ether oxygens (including phenoxy) is 2. The number of hydrogen-bond donors (Lipinski definition) is 2. The number of carboxylic acids is 1. The van der Waals surface area contributed by atoms with Crippen molar-refractivity contribution in [2.45, 2.75) is 33.7 Å². The Kier molecular flexibility index (Phi) is 6.24. The van der Waals surface area contributed by atoms with Crippen molar-refractivity contribution in [1.82, 2.24) is 9.38 Å². The highest BCUT2D eigenvalue weighted by molar-refractivity contribution is 5.94. The number of carboxylic acid groups (broad SMARTS) is 1. The zero-order valence-corrected chi connectivity index (χ0v) is 22.0. The van der Waals surface area contributed by atoms with Crippen LogP contribution in [0, 0.1) is 24.7 Å². The van der Waals surface area contributed by atoms with Crippen molar-refractivity contribution in [2.75, 3.05) is 50.2 Å². The number of fused-ring (bicyclic) bond motifs is 2. The van der Waals surface area contributed by atoms with Crippen LogP contribution in [-0.4, -0.2) is 60.5 Å². The maximum Gasteiger partial charge on any atom is 0.337 e. The van der Waals surface area contributed by atoms with Gasteiger partial charge < -0.3 is 24.8 Å². The number of aryl methyl sites for hydroxylation is 1. The van der Waals surface area contributed by atoms with Gasteiger partial charge >= 0.3 is 5.97 Å². The molecule has 5 rings (SSSR count). The minimum absolute atomic E-state index is 0.0701. The summed E-state index contributed by atoms with van der Waals surface area (Å²) >= 11 is 0. The first-order valence-corrected chi connectivity index (χ1v) is 12.5. The van der Waals surface area contributed by atoms with E-state index in [2.05, 4.69) is 17.1 Å². The molecule has 0 unspecified atom stereocenters. The van der Waals surface area contributed by atoms with Gasteiger partial charge in [0.2, 0.25) is 0 Å². The molecule has 0 saturated carbocycles. The van der Waals surface area contributed by atoms with Gasteiger partial charge in [-0.1, -0.05) is 19.1 Å². The molecule has 2 N–H and O–H groups in total. The fourth-order valence-electron chi connectivity index (χ4n) is 5.77. The third-order valence-electron chi connectivity index (χ3n) is 8.06. The second-order valence-corrected chi connectivity index (χ2v) is 10.9. The number of nitrogens with one attached hydrogen (secondary N) is 1. The van der Waals surface area contributed by atoms with Crippen LogP contribution in [-0.2, 0) is 9.47 Å². The molecule has 2 fully saturated rings. The Hall–Kier alpha value is -3.43. The van der Waals surface area contributed by atoms with Gasteiger partial charge in [0.05, 0.1) is 43.6 Å². The lowest BCUT2D eigenvalue weighted by atomic mass is 9.69. The summed E-state index contributed by atoms with van der Waals surface area (Å²) in [6.45, 7) is 11.1. The standard InChI is InChI=1S/C28H34N4O5/c1-17-10-21(19(3)29-22-9-7-6-8-20(22)26(34)35)24-30-23(18(2)25(33)32(24)11-17)31(5)12-28-15-36-13-27(28,4)14-37-16-28/h6-11,19,29H,12-16H2,1-5H3,(H,34,35)/t19-,27?,28?/m1/s1. The largest absolute Gasteiger partial charge is 0.478 e. The van der Waals surface area contributed by atoms with Crippen molar-refractivity contribution >= 4 is 23.1 Å². The average Bonchev–Trinajstić information content (AvgIpc) is 3.32. The summed E-state index contributed by atoms with van der Waals surface area (Å²) in [5.41, 5.74) is 3.18. The monoisotopic (exact) mass is 506 g/mol. The van der Waals surface area contributed by atoms with Gasteiger partial charge in [-0.05, 0) is 44.5 Å². The van der Waals surface area contributed by atoms with Crippen LogP contribution in [0.2, 0.25) is 0 Å². The quantitative estimate of drug-likeness (QED) is 0.500. The molecule has 2 aromatic heterocycles. The molecule has 9 nitrogen and oxygen atoms in total. The van der Waals surface area contributed by atoms with Gasteiger partial charge in [-0.2, -0.15) is 0 Å². The van der Waals surface area contributed by atoms with E-state index in [0.717, 1.165) is 11.1 Å². The first-order valence-electron chi connectivity index (χ1n) is 12.5. The van der Waals surface area contributed by atoms with Gasteiger partial charge in [0.15, 0.2) is 0 Å². The van der Waals surface area contributed by atoms with Gasteiger partial charge in [-0.3, -0.25) is 9.20 Å². The SMILES string of the molecule is Cc1cc([C@@H](C)Nc2ccccc2C(=O)O)c2nc(N(C)CC34COCC3(C)COC4)c(C)c(=O)n2c1. The zero-order valence-electron chi connectivity index (χ0n) is 22.0. The van der Waals surface area contributed by atoms with Crippen molar-refractivity contribution in [2.24, 2.45) is 10.8 Å². The topological polar surface area (TPSA) is 105 Å². The molecule has 2 aliphatic rings. The lowest BCUT2D eigenvalue weighted by Crippen LogP contribution is -2.47. The summed E-state index contributed by atoms with van der Waals surface area (Å²) in [6.07, 6.45) is 1.80. The summed E-state index contributed by atoms with van der Waals surface area (Å²) in [5, 5.41) is 12.9. The van der Waals surface area contributed by atoms with Crippen molar-refractivity contribution in [3.8, 4) is 0 Å². The van der Waals surface area contributed by atoms with Crippen LogP contribution >= 0.6 is 0 Å². The Morgan fingerprint density at radius 1 is 1.22 bits per heavy atom. The molecular weight excluding hydrogens is 472 g/mol. The number of nitrogens with zero attached hydrogens (tertiary/aromatic N) is 3. The molecule has 0 radical (unpaired) electrons. The molecular formula is C28H34N4O5. The number of aromatic carboxylic acids is 1. The number of aromatic nitrogens is 2. The summed E-state index contributed by atoms with van der Waals surface area (Å²) in [7, 11) is 1.97. The van der Waals surface area contributed by atoms with E-state index in [1.807, 2.05) is 33.9 Å². The highest BCUT2D eigenvalue weighted by Crippen LogP contribution is 2.50. The first kappa shape index (κ1) is 25.2. The minimum Gasteiger partial charge on any atom is -0.478 e. The molecule has 9 heteroatoms. The molecule has 0 bridgehead atoms. The molecule has 0 spiro atoms. The Morgan fingerprint density at radius 2 is 1.89 bits per heavy atom. The number of benzene rings is 1. The Morgan fingerprint density at radius 3 is 2.57 bits per heavy atom. The fourth-order valence-corrected chi connectivity index (χ4v) is 5.77. The van der Waals surface area contributed by atoms with Crippen LogP contribution in [0.3, 0.4) is 0 Å². The van der Waals surface area contributed by atoms with E-state index < -0.39 is 5.97 Å². The second kappa shape index (κ2) is 9.15. The first-order chi connectivity index (χ1) is 17.5. The van der Waals surface area contributed by atoms with Gasteiger partial charge in [-0.15, -0.1) is 0 Å².